The van der Waals surface area contributed by atoms with Gasteiger partial charge in [0.1, 0.15) is 0 Å². The number of hydrogen-bond acceptors (Lipinski definition) is 3. The van der Waals surface area contributed by atoms with Crippen LogP contribution < -0.4 is 4.90 Å². The van der Waals surface area contributed by atoms with Crippen LogP contribution >= 0.6 is 0 Å². The zero-order valence-electron chi connectivity index (χ0n) is 16.6. The van der Waals surface area contributed by atoms with Gasteiger partial charge in [0.25, 0.3) is 0 Å². The third kappa shape index (κ3) is 4.33. The number of nitrogens with one attached hydrogen (secondary N) is 1. The standard InChI is InChI=1S/C24H26N4O/c25-13-6-14-28(20-7-2-1-3-8-20)24(29)18-27-15-11-19(12-16-27)22-17-26-23-10-5-4-9-21(22)23/h1-5,7-10,17,19,26H,6,11-12,14-16,18H2. The van der Waals surface area contributed by atoms with Gasteiger partial charge in [-0.25, -0.2) is 0 Å². The van der Waals surface area contributed by atoms with Crippen LogP contribution in [0, 0.1) is 11.3 Å². The van der Waals surface area contributed by atoms with Gasteiger partial charge in [0, 0.05) is 29.3 Å². The number of carbonyl (C=O) groups excluding carboxylic acids is 1. The smallest absolute Gasteiger partial charge is 0.241 e. The number of aromatic nitrogens is 1. The molecule has 1 saturated heterocycles. The number of fused-ring (bicyclic) bond motifs is 1. The molecule has 0 radical (unpaired) electrons. The highest BCUT2D eigenvalue weighted by Crippen LogP contribution is 2.33. The summed E-state index contributed by atoms with van der Waals surface area (Å²) in [6.45, 7) is 2.67. The van der Waals surface area contributed by atoms with Crippen molar-refractivity contribution in [1.29, 1.82) is 5.26 Å². The van der Waals surface area contributed by atoms with Crippen LogP contribution in [0.2, 0.25) is 0 Å². The number of para-hydroxylation sites is 2. The van der Waals surface area contributed by atoms with E-state index in [1.807, 2.05) is 30.3 Å². The molecule has 2 aromatic carbocycles. The first kappa shape index (κ1) is 19.2. The lowest BCUT2D eigenvalue weighted by Crippen LogP contribution is -2.43. The lowest BCUT2D eigenvalue weighted by molar-refractivity contribution is -0.120. The van der Waals surface area contributed by atoms with E-state index >= 15 is 0 Å². The number of piperidine rings is 1. The Kier molecular flexibility index (Phi) is 5.92. The number of anilines is 1. The molecular weight excluding hydrogens is 360 g/mol. The van der Waals surface area contributed by atoms with Crippen molar-refractivity contribution in [3.8, 4) is 6.07 Å². The van der Waals surface area contributed by atoms with E-state index in [1.54, 1.807) is 4.90 Å². The topological polar surface area (TPSA) is 63.1 Å². The summed E-state index contributed by atoms with van der Waals surface area (Å²) in [5.41, 5.74) is 3.45. The fourth-order valence-electron chi connectivity index (χ4n) is 4.28. The molecule has 5 nitrogen and oxygen atoms in total. The summed E-state index contributed by atoms with van der Waals surface area (Å²) in [4.78, 5) is 20.3. The number of amides is 1. The van der Waals surface area contributed by atoms with Gasteiger partial charge >= 0.3 is 0 Å². The Morgan fingerprint density at radius 1 is 1.10 bits per heavy atom. The first-order chi connectivity index (χ1) is 14.3. The van der Waals surface area contributed by atoms with Crippen molar-refractivity contribution in [1.82, 2.24) is 9.88 Å². The lowest BCUT2D eigenvalue weighted by Gasteiger charge is -2.33. The summed E-state index contributed by atoms with van der Waals surface area (Å²) in [7, 11) is 0. The summed E-state index contributed by atoms with van der Waals surface area (Å²) < 4.78 is 0. The van der Waals surface area contributed by atoms with Crippen molar-refractivity contribution in [2.45, 2.75) is 25.2 Å². The molecule has 148 valence electrons. The van der Waals surface area contributed by atoms with Crippen molar-refractivity contribution in [2.75, 3.05) is 31.1 Å². The molecule has 2 heterocycles. The number of aromatic amines is 1. The normalized spacial score (nSPS) is 15.3. The average Bonchev–Trinajstić information content (AvgIpc) is 3.19. The van der Waals surface area contributed by atoms with Crippen molar-refractivity contribution >= 4 is 22.5 Å². The van der Waals surface area contributed by atoms with E-state index in [0.717, 1.165) is 31.6 Å². The predicted molar refractivity (Wildman–Crippen MR) is 116 cm³/mol. The summed E-state index contributed by atoms with van der Waals surface area (Å²) in [6, 6.07) is 20.2. The predicted octanol–water partition coefficient (Wildman–Crippen LogP) is 4.29. The maximum absolute atomic E-state index is 13.0. The van der Waals surface area contributed by atoms with Crippen LogP contribution in [0.15, 0.2) is 60.8 Å². The molecule has 1 N–H and O–H groups in total. The minimum absolute atomic E-state index is 0.0667. The Bertz CT molecular complexity index is 996. The minimum Gasteiger partial charge on any atom is -0.361 e. The molecular formula is C24H26N4O. The fraction of sp³-hybridized carbons (Fsp3) is 0.333. The highest BCUT2D eigenvalue weighted by atomic mass is 16.2. The van der Waals surface area contributed by atoms with Gasteiger partial charge in [-0.1, -0.05) is 36.4 Å². The lowest BCUT2D eigenvalue weighted by atomic mass is 9.89. The van der Waals surface area contributed by atoms with Crippen molar-refractivity contribution in [3.05, 3.63) is 66.4 Å². The van der Waals surface area contributed by atoms with Gasteiger partial charge in [0.15, 0.2) is 0 Å². The van der Waals surface area contributed by atoms with E-state index in [4.69, 9.17) is 5.26 Å². The molecule has 0 aliphatic carbocycles. The third-order valence-electron chi connectivity index (χ3n) is 5.82. The molecule has 0 saturated carbocycles. The first-order valence-electron chi connectivity index (χ1n) is 10.3. The van der Waals surface area contributed by atoms with Crippen LogP contribution in [0.4, 0.5) is 5.69 Å². The molecule has 1 aliphatic rings. The van der Waals surface area contributed by atoms with Gasteiger partial charge < -0.3 is 9.88 Å². The Balaban J connectivity index is 1.38. The molecule has 3 aromatic rings. The SMILES string of the molecule is N#CCCN(C(=O)CN1CCC(c2c[nH]c3ccccc23)CC1)c1ccccc1. The zero-order chi connectivity index (χ0) is 20.1. The first-order valence-corrected chi connectivity index (χ1v) is 10.3. The largest absolute Gasteiger partial charge is 0.361 e. The van der Waals surface area contributed by atoms with E-state index < -0.39 is 0 Å². The molecule has 29 heavy (non-hydrogen) atoms. The van der Waals surface area contributed by atoms with Crippen LogP contribution in [-0.4, -0.2) is 42.0 Å². The van der Waals surface area contributed by atoms with Gasteiger partial charge in [-0.3, -0.25) is 9.69 Å². The number of benzene rings is 2. The van der Waals surface area contributed by atoms with E-state index in [-0.39, 0.29) is 5.91 Å². The number of hydrogen-bond donors (Lipinski definition) is 1. The van der Waals surface area contributed by atoms with Crippen molar-refractivity contribution in [2.24, 2.45) is 0 Å². The third-order valence-corrected chi connectivity index (χ3v) is 5.82. The number of nitriles is 1. The fourth-order valence-corrected chi connectivity index (χ4v) is 4.28. The molecule has 4 rings (SSSR count). The van der Waals surface area contributed by atoms with Crippen LogP contribution in [0.5, 0.6) is 0 Å². The van der Waals surface area contributed by atoms with Gasteiger partial charge in [-0.2, -0.15) is 5.26 Å². The van der Waals surface area contributed by atoms with E-state index in [0.29, 0.717) is 25.4 Å². The van der Waals surface area contributed by atoms with Gasteiger partial charge in [-0.05, 0) is 55.6 Å². The van der Waals surface area contributed by atoms with Crippen molar-refractivity contribution in [3.63, 3.8) is 0 Å². The molecule has 0 unspecified atom stereocenters. The van der Waals surface area contributed by atoms with Gasteiger partial charge in [0.05, 0.1) is 19.0 Å². The Hall–Kier alpha value is -3.10. The highest BCUT2D eigenvalue weighted by molar-refractivity contribution is 5.94. The van der Waals surface area contributed by atoms with Gasteiger partial charge in [-0.15, -0.1) is 0 Å². The minimum atomic E-state index is 0.0667. The molecule has 1 amide bonds. The number of H-pyrrole nitrogens is 1. The van der Waals surface area contributed by atoms with E-state index in [9.17, 15) is 4.79 Å². The maximum Gasteiger partial charge on any atom is 0.241 e. The molecule has 1 aliphatic heterocycles. The van der Waals surface area contributed by atoms with Crippen LogP contribution in [0.25, 0.3) is 10.9 Å². The van der Waals surface area contributed by atoms with Gasteiger partial charge in [0.2, 0.25) is 5.91 Å². The summed E-state index contributed by atoms with van der Waals surface area (Å²) in [5, 5.41) is 10.3. The highest BCUT2D eigenvalue weighted by Gasteiger charge is 2.25. The molecule has 0 bridgehead atoms. The second-order valence-electron chi connectivity index (χ2n) is 7.63. The number of nitrogens with zero attached hydrogens (tertiary/aromatic N) is 3. The Morgan fingerprint density at radius 2 is 1.83 bits per heavy atom. The van der Waals surface area contributed by atoms with E-state index in [2.05, 4.69) is 46.4 Å². The number of rotatable bonds is 6. The van der Waals surface area contributed by atoms with Crippen LogP contribution in [0.1, 0.15) is 30.7 Å². The molecule has 1 fully saturated rings. The van der Waals surface area contributed by atoms with E-state index in [1.165, 1.54) is 16.5 Å². The molecule has 5 heteroatoms. The number of likely N-dealkylation sites (tertiary alicyclic amines) is 1. The van der Waals surface area contributed by atoms with Crippen LogP contribution in [0.3, 0.4) is 0 Å². The number of carbonyl (C=O) groups is 1. The average molecular weight is 386 g/mol. The Morgan fingerprint density at radius 3 is 2.59 bits per heavy atom. The maximum atomic E-state index is 13.0. The molecule has 0 atom stereocenters. The second-order valence-corrected chi connectivity index (χ2v) is 7.63. The molecule has 1 aromatic heterocycles. The monoisotopic (exact) mass is 386 g/mol. The van der Waals surface area contributed by atoms with Crippen LogP contribution in [-0.2, 0) is 4.79 Å². The molecule has 0 spiro atoms. The second kappa shape index (κ2) is 8.93. The Labute approximate surface area is 171 Å². The van der Waals surface area contributed by atoms with Crippen molar-refractivity contribution < 1.29 is 4.79 Å². The summed E-state index contributed by atoms with van der Waals surface area (Å²) in [5.74, 6) is 0.596. The zero-order valence-corrected chi connectivity index (χ0v) is 16.6. The quantitative estimate of drug-likeness (QED) is 0.687. The summed E-state index contributed by atoms with van der Waals surface area (Å²) in [6.07, 6.45) is 4.59. The summed E-state index contributed by atoms with van der Waals surface area (Å²) >= 11 is 0.